The van der Waals surface area contributed by atoms with Crippen molar-refractivity contribution in [2.75, 3.05) is 25.0 Å². The molecule has 0 saturated carbocycles. The van der Waals surface area contributed by atoms with E-state index in [1.165, 1.54) is 12.5 Å². The SMILES string of the molecule is CC(C)N1CCC(CNc2ccc(C(=O)O)o2)C1. The van der Waals surface area contributed by atoms with E-state index >= 15 is 0 Å². The second-order valence-corrected chi connectivity index (χ2v) is 5.09. The first-order valence-corrected chi connectivity index (χ1v) is 6.37. The summed E-state index contributed by atoms with van der Waals surface area (Å²) in [6.07, 6.45) is 1.18. The molecule has 1 fully saturated rings. The van der Waals surface area contributed by atoms with Gasteiger partial charge in [-0.3, -0.25) is 0 Å². The van der Waals surface area contributed by atoms with Crippen LogP contribution in [0.25, 0.3) is 0 Å². The number of likely N-dealkylation sites (tertiary alicyclic amines) is 1. The highest BCUT2D eigenvalue weighted by atomic mass is 16.4. The average Bonchev–Trinajstić information content (AvgIpc) is 2.95. The maximum atomic E-state index is 10.7. The lowest BCUT2D eigenvalue weighted by atomic mass is 10.1. The van der Waals surface area contributed by atoms with E-state index in [9.17, 15) is 4.79 Å². The number of furan rings is 1. The summed E-state index contributed by atoms with van der Waals surface area (Å²) in [6.45, 7) is 7.48. The van der Waals surface area contributed by atoms with Crippen LogP contribution < -0.4 is 5.32 Å². The van der Waals surface area contributed by atoms with Crippen LogP contribution in [0.1, 0.15) is 30.8 Å². The van der Waals surface area contributed by atoms with E-state index in [4.69, 9.17) is 9.52 Å². The first-order chi connectivity index (χ1) is 8.56. The van der Waals surface area contributed by atoms with Gasteiger partial charge in [-0.05, 0) is 38.8 Å². The highest BCUT2D eigenvalue weighted by Gasteiger charge is 2.24. The zero-order chi connectivity index (χ0) is 13.1. The van der Waals surface area contributed by atoms with Crippen LogP contribution in [-0.4, -0.2) is 41.7 Å². The highest BCUT2D eigenvalue weighted by Crippen LogP contribution is 2.20. The van der Waals surface area contributed by atoms with Gasteiger partial charge < -0.3 is 19.7 Å². The molecule has 0 amide bonds. The summed E-state index contributed by atoms with van der Waals surface area (Å²) in [5, 5.41) is 11.9. The number of carbonyl (C=O) groups is 1. The minimum atomic E-state index is -1.03. The largest absolute Gasteiger partial charge is 0.475 e. The lowest BCUT2D eigenvalue weighted by molar-refractivity contribution is 0.0663. The van der Waals surface area contributed by atoms with Gasteiger partial charge in [-0.15, -0.1) is 0 Å². The Labute approximate surface area is 107 Å². The number of anilines is 1. The predicted molar refractivity (Wildman–Crippen MR) is 69.0 cm³/mol. The molecule has 1 atom stereocenters. The molecule has 1 aromatic heterocycles. The van der Waals surface area contributed by atoms with Gasteiger partial charge in [0.2, 0.25) is 5.76 Å². The van der Waals surface area contributed by atoms with Crippen LogP contribution in [-0.2, 0) is 0 Å². The molecule has 0 spiro atoms. The molecule has 2 heterocycles. The number of hydrogen-bond donors (Lipinski definition) is 2. The van der Waals surface area contributed by atoms with Gasteiger partial charge >= 0.3 is 5.97 Å². The first-order valence-electron chi connectivity index (χ1n) is 6.37. The minimum Gasteiger partial charge on any atom is -0.475 e. The first kappa shape index (κ1) is 13.0. The van der Waals surface area contributed by atoms with Gasteiger partial charge in [0.05, 0.1) is 0 Å². The van der Waals surface area contributed by atoms with Crippen LogP contribution in [0.2, 0.25) is 0 Å². The number of hydrogen-bond acceptors (Lipinski definition) is 4. The van der Waals surface area contributed by atoms with Crippen LogP contribution in [0.5, 0.6) is 0 Å². The van der Waals surface area contributed by atoms with Gasteiger partial charge in [0.15, 0.2) is 5.88 Å². The van der Waals surface area contributed by atoms with E-state index in [0.29, 0.717) is 17.8 Å². The van der Waals surface area contributed by atoms with Crippen molar-refractivity contribution < 1.29 is 14.3 Å². The monoisotopic (exact) mass is 252 g/mol. The molecule has 5 heteroatoms. The second-order valence-electron chi connectivity index (χ2n) is 5.09. The quantitative estimate of drug-likeness (QED) is 0.840. The molecule has 1 unspecified atom stereocenters. The summed E-state index contributed by atoms with van der Waals surface area (Å²) in [5.41, 5.74) is 0. The Morgan fingerprint density at radius 3 is 2.94 bits per heavy atom. The standard InChI is InChI=1S/C13H20N2O3/c1-9(2)15-6-5-10(8-15)7-14-12-4-3-11(18-12)13(16)17/h3-4,9-10,14H,5-8H2,1-2H3,(H,16,17). The van der Waals surface area contributed by atoms with Gasteiger partial charge in [0, 0.05) is 25.2 Å². The Kier molecular flexibility index (Phi) is 3.91. The van der Waals surface area contributed by atoms with Crippen molar-refractivity contribution in [3.8, 4) is 0 Å². The van der Waals surface area contributed by atoms with E-state index in [1.807, 2.05) is 0 Å². The van der Waals surface area contributed by atoms with E-state index < -0.39 is 5.97 Å². The third-order valence-corrected chi connectivity index (χ3v) is 3.43. The number of nitrogens with one attached hydrogen (secondary N) is 1. The molecule has 0 radical (unpaired) electrons. The summed E-state index contributed by atoms with van der Waals surface area (Å²) in [7, 11) is 0. The maximum Gasteiger partial charge on any atom is 0.371 e. The lowest BCUT2D eigenvalue weighted by Crippen LogP contribution is -2.29. The molecule has 1 aliphatic heterocycles. The molecule has 1 saturated heterocycles. The van der Waals surface area contributed by atoms with E-state index in [0.717, 1.165) is 19.6 Å². The molecule has 18 heavy (non-hydrogen) atoms. The van der Waals surface area contributed by atoms with E-state index in [-0.39, 0.29) is 5.76 Å². The minimum absolute atomic E-state index is 0.0206. The topological polar surface area (TPSA) is 65.7 Å². The third kappa shape index (κ3) is 3.04. The van der Waals surface area contributed by atoms with E-state index in [1.54, 1.807) is 6.07 Å². The Balaban J connectivity index is 1.80. The Hall–Kier alpha value is -1.49. The van der Waals surface area contributed by atoms with Crippen molar-refractivity contribution in [1.29, 1.82) is 0 Å². The Morgan fingerprint density at radius 2 is 2.39 bits per heavy atom. The van der Waals surface area contributed by atoms with Crippen molar-refractivity contribution >= 4 is 11.9 Å². The predicted octanol–water partition coefficient (Wildman–Crippen LogP) is 2.12. The summed E-state index contributed by atoms with van der Waals surface area (Å²) in [4.78, 5) is 13.1. The van der Waals surface area contributed by atoms with Crippen molar-refractivity contribution in [2.45, 2.75) is 26.3 Å². The van der Waals surface area contributed by atoms with Crippen molar-refractivity contribution in [1.82, 2.24) is 4.90 Å². The lowest BCUT2D eigenvalue weighted by Gasteiger charge is -2.20. The van der Waals surface area contributed by atoms with E-state index in [2.05, 4.69) is 24.1 Å². The van der Waals surface area contributed by atoms with Gasteiger partial charge in [-0.2, -0.15) is 0 Å². The number of carboxylic acids is 1. The highest BCUT2D eigenvalue weighted by molar-refractivity contribution is 5.84. The van der Waals surface area contributed by atoms with Gasteiger partial charge in [-0.25, -0.2) is 4.79 Å². The number of rotatable bonds is 5. The summed E-state index contributed by atoms with van der Waals surface area (Å²) in [5.74, 6) is 0.0869. The fourth-order valence-corrected chi connectivity index (χ4v) is 2.29. The van der Waals surface area contributed by atoms with Crippen molar-refractivity contribution in [3.05, 3.63) is 17.9 Å². The molecule has 2 rings (SSSR count). The molecular formula is C13H20N2O3. The fraction of sp³-hybridized carbons (Fsp3) is 0.615. The van der Waals surface area contributed by atoms with Crippen molar-refractivity contribution in [2.24, 2.45) is 5.92 Å². The third-order valence-electron chi connectivity index (χ3n) is 3.43. The van der Waals surface area contributed by atoms with Gasteiger partial charge in [-0.1, -0.05) is 0 Å². The van der Waals surface area contributed by atoms with Crippen LogP contribution in [0.15, 0.2) is 16.5 Å². The number of carboxylic acid groups (broad SMARTS) is 1. The molecule has 2 N–H and O–H groups in total. The van der Waals surface area contributed by atoms with Crippen LogP contribution in [0, 0.1) is 5.92 Å². The summed E-state index contributed by atoms with van der Waals surface area (Å²) in [6, 6.07) is 3.73. The fourth-order valence-electron chi connectivity index (χ4n) is 2.29. The van der Waals surface area contributed by atoms with Gasteiger partial charge in [0.25, 0.3) is 0 Å². The molecule has 5 nitrogen and oxygen atoms in total. The smallest absolute Gasteiger partial charge is 0.371 e. The summed E-state index contributed by atoms with van der Waals surface area (Å²) >= 11 is 0. The zero-order valence-electron chi connectivity index (χ0n) is 10.8. The van der Waals surface area contributed by atoms with Crippen LogP contribution >= 0.6 is 0 Å². The molecule has 100 valence electrons. The molecule has 1 aliphatic rings. The maximum absolute atomic E-state index is 10.7. The van der Waals surface area contributed by atoms with Crippen LogP contribution in [0.4, 0.5) is 5.88 Å². The Bertz CT molecular complexity index is 414. The Morgan fingerprint density at radius 1 is 1.61 bits per heavy atom. The number of aromatic carboxylic acids is 1. The van der Waals surface area contributed by atoms with Gasteiger partial charge in [0.1, 0.15) is 0 Å². The normalized spacial score (nSPS) is 20.5. The molecular weight excluding hydrogens is 232 g/mol. The number of nitrogens with zero attached hydrogens (tertiary/aromatic N) is 1. The van der Waals surface area contributed by atoms with Crippen molar-refractivity contribution in [3.63, 3.8) is 0 Å². The molecule has 0 aromatic carbocycles. The summed E-state index contributed by atoms with van der Waals surface area (Å²) < 4.78 is 5.15. The van der Waals surface area contributed by atoms with Crippen LogP contribution in [0.3, 0.4) is 0 Å². The molecule has 1 aromatic rings. The molecule has 0 bridgehead atoms. The zero-order valence-corrected chi connectivity index (χ0v) is 10.8. The second kappa shape index (κ2) is 5.44. The average molecular weight is 252 g/mol. The molecule has 0 aliphatic carbocycles.